The summed E-state index contributed by atoms with van der Waals surface area (Å²) in [5, 5.41) is 2.72. The fourth-order valence-electron chi connectivity index (χ4n) is 2.85. The molecule has 0 aromatic heterocycles. The minimum absolute atomic E-state index is 0.0534. The van der Waals surface area contributed by atoms with Crippen LogP contribution in [0.25, 0.3) is 0 Å². The summed E-state index contributed by atoms with van der Waals surface area (Å²) in [6.45, 7) is 4.99. The normalized spacial score (nSPS) is 19.4. The molecule has 5 nitrogen and oxygen atoms in total. The zero-order valence-electron chi connectivity index (χ0n) is 12.3. The minimum atomic E-state index is -0.127. The monoisotopic (exact) mass is 287 g/mol. The molecular weight excluding hydrogens is 266 g/mol. The van der Waals surface area contributed by atoms with E-state index in [1.807, 2.05) is 4.90 Å². The molecule has 1 saturated heterocycles. The summed E-state index contributed by atoms with van der Waals surface area (Å²) in [6.07, 6.45) is 2.62. The predicted octanol–water partition coefficient (Wildman–Crippen LogP) is 1.57. The van der Waals surface area contributed by atoms with Crippen LogP contribution in [0.4, 0.5) is 5.69 Å². The van der Waals surface area contributed by atoms with Gasteiger partial charge in [-0.2, -0.15) is 0 Å². The van der Waals surface area contributed by atoms with Gasteiger partial charge in [-0.3, -0.25) is 14.5 Å². The third kappa shape index (κ3) is 3.42. The average Bonchev–Trinajstić information content (AvgIpc) is 3.31. The molecule has 0 spiro atoms. The molecule has 5 heteroatoms. The summed E-state index contributed by atoms with van der Waals surface area (Å²) in [7, 11) is 0. The Morgan fingerprint density at radius 2 is 1.86 bits per heavy atom. The summed E-state index contributed by atoms with van der Waals surface area (Å²) >= 11 is 0. The van der Waals surface area contributed by atoms with Crippen molar-refractivity contribution in [2.75, 3.05) is 31.5 Å². The molecule has 1 heterocycles. The highest BCUT2D eigenvalue weighted by Crippen LogP contribution is 2.27. The maximum Gasteiger partial charge on any atom is 0.254 e. The Kier molecular flexibility index (Phi) is 3.92. The number of hydrogen-bond acceptors (Lipinski definition) is 3. The van der Waals surface area contributed by atoms with Crippen LogP contribution < -0.4 is 5.32 Å². The predicted molar refractivity (Wildman–Crippen MR) is 81.2 cm³/mol. The molecule has 0 atom stereocenters. The van der Waals surface area contributed by atoms with E-state index in [0.717, 1.165) is 32.2 Å². The maximum absolute atomic E-state index is 12.5. The molecule has 1 saturated carbocycles. The van der Waals surface area contributed by atoms with Crippen LogP contribution in [0.3, 0.4) is 0 Å². The number of hydrogen-bond donors (Lipinski definition) is 1. The van der Waals surface area contributed by atoms with Crippen LogP contribution in [0.15, 0.2) is 24.3 Å². The van der Waals surface area contributed by atoms with Gasteiger partial charge in [-0.1, -0.05) is 6.07 Å². The number of amides is 2. The van der Waals surface area contributed by atoms with Crippen LogP contribution >= 0.6 is 0 Å². The van der Waals surface area contributed by atoms with E-state index in [1.165, 1.54) is 19.8 Å². The SMILES string of the molecule is CC(=O)Nc1cccc(C(=O)N2CCN(C3CC3)CC2)c1. The van der Waals surface area contributed by atoms with Gasteiger partial charge >= 0.3 is 0 Å². The smallest absolute Gasteiger partial charge is 0.254 e. The van der Waals surface area contributed by atoms with Crippen LogP contribution in [-0.4, -0.2) is 53.8 Å². The Bertz CT molecular complexity index is 546. The third-order valence-corrected chi connectivity index (χ3v) is 4.09. The van der Waals surface area contributed by atoms with Gasteiger partial charge in [0.2, 0.25) is 5.91 Å². The van der Waals surface area contributed by atoms with E-state index in [9.17, 15) is 9.59 Å². The second-order valence-electron chi connectivity index (χ2n) is 5.82. The Morgan fingerprint density at radius 3 is 2.48 bits per heavy atom. The number of carbonyl (C=O) groups is 2. The molecule has 1 N–H and O–H groups in total. The summed E-state index contributed by atoms with van der Waals surface area (Å²) in [4.78, 5) is 28.0. The summed E-state index contributed by atoms with van der Waals surface area (Å²) in [5.41, 5.74) is 1.31. The zero-order chi connectivity index (χ0) is 14.8. The van der Waals surface area contributed by atoms with E-state index < -0.39 is 0 Å². The Balaban J connectivity index is 1.63. The topological polar surface area (TPSA) is 52.7 Å². The van der Waals surface area contributed by atoms with Crippen molar-refractivity contribution in [1.82, 2.24) is 9.80 Å². The van der Waals surface area contributed by atoms with Gasteiger partial charge in [-0.05, 0) is 31.0 Å². The van der Waals surface area contributed by atoms with Crippen molar-refractivity contribution in [2.24, 2.45) is 0 Å². The second-order valence-corrected chi connectivity index (χ2v) is 5.82. The lowest BCUT2D eigenvalue weighted by Crippen LogP contribution is -2.49. The van der Waals surface area contributed by atoms with Gasteiger partial charge in [0.25, 0.3) is 5.91 Å². The number of nitrogens with zero attached hydrogens (tertiary/aromatic N) is 2. The lowest BCUT2D eigenvalue weighted by Gasteiger charge is -2.34. The van der Waals surface area contributed by atoms with Gasteiger partial charge in [0.05, 0.1) is 0 Å². The van der Waals surface area contributed by atoms with Gasteiger partial charge < -0.3 is 10.2 Å². The van der Waals surface area contributed by atoms with E-state index in [4.69, 9.17) is 0 Å². The number of piperazine rings is 1. The summed E-state index contributed by atoms with van der Waals surface area (Å²) < 4.78 is 0. The molecule has 0 unspecified atom stereocenters. The van der Waals surface area contributed by atoms with Crippen LogP contribution in [0.5, 0.6) is 0 Å². The van der Waals surface area contributed by atoms with Crippen molar-refractivity contribution in [3.8, 4) is 0 Å². The highest BCUT2D eigenvalue weighted by atomic mass is 16.2. The number of carbonyl (C=O) groups excluding carboxylic acids is 2. The molecule has 2 aliphatic rings. The third-order valence-electron chi connectivity index (χ3n) is 4.09. The first-order valence-electron chi connectivity index (χ1n) is 7.54. The Labute approximate surface area is 124 Å². The molecule has 0 radical (unpaired) electrons. The van der Waals surface area contributed by atoms with Crippen LogP contribution in [0.1, 0.15) is 30.1 Å². The molecule has 0 bridgehead atoms. The number of anilines is 1. The van der Waals surface area contributed by atoms with E-state index in [-0.39, 0.29) is 11.8 Å². The fourth-order valence-corrected chi connectivity index (χ4v) is 2.85. The first kappa shape index (κ1) is 14.1. The molecular formula is C16H21N3O2. The molecule has 112 valence electrons. The Morgan fingerprint density at radius 1 is 1.14 bits per heavy atom. The fraction of sp³-hybridized carbons (Fsp3) is 0.500. The van der Waals surface area contributed by atoms with Crippen molar-refractivity contribution in [3.05, 3.63) is 29.8 Å². The standard InChI is InChI=1S/C16H21N3O2/c1-12(20)17-14-4-2-3-13(11-14)16(21)19-9-7-18(8-10-19)15-5-6-15/h2-4,11,15H,5-10H2,1H3,(H,17,20). The van der Waals surface area contributed by atoms with Gasteiger partial charge in [0, 0.05) is 50.4 Å². The summed E-state index contributed by atoms with van der Waals surface area (Å²) in [5.74, 6) is -0.0738. The van der Waals surface area contributed by atoms with Crippen molar-refractivity contribution >= 4 is 17.5 Å². The molecule has 1 aromatic rings. The largest absolute Gasteiger partial charge is 0.336 e. The average molecular weight is 287 g/mol. The van der Waals surface area contributed by atoms with Crippen LogP contribution in [-0.2, 0) is 4.79 Å². The van der Waals surface area contributed by atoms with Gasteiger partial charge in [-0.15, -0.1) is 0 Å². The molecule has 21 heavy (non-hydrogen) atoms. The van der Waals surface area contributed by atoms with E-state index in [0.29, 0.717) is 11.3 Å². The molecule has 1 aliphatic carbocycles. The van der Waals surface area contributed by atoms with Crippen molar-refractivity contribution in [3.63, 3.8) is 0 Å². The molecule has 1 aromatic carbocycles. The molecule has 3 rings (SSSR count). The Hall–Kier alpha value is -1.88. The lowest BCUT2D eigenvalue weighted by molar-refractivity contribution is -0.114. The zero-order valence-corrected chi connectivity index (χ0v) is 12.3. The van der Waals surface area contributed by atoms with E-state index >= 15 is 0 Å². The van der Waals surface area contributed by atoms with Crippen molar-refractivity contribution in [1.29, 1.82) is 0 Å². The molecule has 2 amide bonds. The number of nitrogens with one attached hydrogen (secondary N) is 1. The summed E-state index contributed by atoms with van der Waals surface area (Å²) in [6, 6.07) is 7.92. The minimum Gasteiger partial charge on any atom is -0.336 e. The van der Waals surface area contributed by atoms with Crippen LogP contribution in [0, 0.1) is 0 Å². The number of rotatable bonds is 3. The van der Waals surface area contributed by atoms with Crippen LogP contribution in [0.2, 0.25) is 0 Å². The van der Waals surface area contributed by atoms with E-state index in [1.54, 1.807) is 24.3 Å². The quantitative estimate of drug-likeness (QED) is 0.918. The van der Waals surface area contributed by atoms with Crippen molar-refractivity contribution < 1.29 is 9.59 Å². The second kappa shape index (κ2) is 5.85. The first-order chi connectivity index (χ1) is 10.1. The van der Waals surface area contributed by atoms with Gasteiger partial charge in [0.1, 0.15) is 0 Å². The maximum atomic E-state index is 12.5. The number of benzene rings is 1. The molecule has 2 fully saturated rings. The highest BCUT2D eigenvalue weighted by Gasteiger charge is 2.32. The van der Waals surface area contributed by atoms with Gasteiger partial charge in [0.15, 0.2) is 0 Å². The van der Waals surface area contributed by atoms with E-state index in [2.05, 4.69) is 10.2 Å². The molecule has 1 aliphatic heterocycles. The lowest BCUT2D eigenvalue weighted by atomic mass is 10.1. The highest BCUT2D eigenvalue weighted by molar-refractivity contribution is 5.96. The first-order valence-corrected chi connectivity index (χ1v) is 7.54. The van der Waals surface area contributed by atoms with Crippen molar-refractivity contribution in [2.45, 2.75) is 25.8 Å². The van der Waals surface area contributed by atoms with Gasteiger partial charge in [-0.25, -0.2) is 0 Å².